The number of esters is 1. The summed E-state index contributed by atoms with van der Waals surface area (Å²) < 4.78 is 5.03. The number of rotatable bonds is 5. The first-order chi connectivity index (χ1) is 11.4. The molecule has 0 aliphatic rings. The zero-order chi connectivity index (χ0) is 17.9. The lowest BCUT2D eigenvalue weighted by Crippen LogP contribution is -2.15. The van der Waals surface area contributed by atoms with Gasteiger partial charge in [0.25, 0.3) is 5.91 Å². The number of halogens is 1. The molecule has 0 spiro atoms. The fourth-order valence-corrected chi connectivity index (χ4v) is 3.51. The van der Waals surface area contributed by atoms with E-state index in [4.69, 9.17) is 16.3 Å². The Balaban J connectivity index is 2.44. The lowest BCUT2D eigenvalue weighted by molar-refractivity contribution is 0.0527. The predicted molar refractivity (Wildman–Crippen MR) is 94.4 cm³/mol. The average molecular weight is 366 g/mol. The number of hydrogen-bond donors (Lipinski definition) is 1. The van der Waals surface area contributed by atoms with Crippen LogP contribution in [0.5, 0.6) is 0 Å². The van der Waals surface area contributed by atoms with Crippen LogP contribution in [0.3, 0.4) is 0 Å². The van der Waals surface area contributed by atoms with E-state index in [1.165, 1.54) is 6.92 Å². The summed E-state index contributed by atoms with van der Waals surface area (Å²) in [7, 11) is 0. The summed E-state index contributed by atoms with van der Waals surface area (Å²) in [5, 5.41) is 3.24. The number of benzene rings is 1. The molecule has 2 rings (SSSR count). The number of ether oxygens (including phenoxy) is 1. The molecule has 126 valence electrons. The average Bonchev–Trinajstić information content (AvgIpc) is 2.84. The van der Waals surface area contributed by atoms with Gasteiger partial charge >= 0.3 is 5.97 Å². The van der Waals surface area contributed by atoms with Crippen molar-refractivity contribution in [1.29, 1.82) is 0 Å². The Morgan fingerprint density at radius 1 is 1.25 bits per heavy atom. The number of ketones is 1. The first kappa shape index (κ1) is 18.2. The molecule has 2 aromatic rings. The van der Waals surface area contributed by atoms with Gasteiger partial charge in [-0.2, -0.15) is 0 Å². The fourth-order valence-electron chi connectivity index (χ4n) is 2.20. The molecule has 0 bridgehead atoms. The summed E-state index contributed by atoms with van der Waals surface area (Å²) in [4.78, 5) is 36.8. The van der Waals surface area contributed by atoms with Crippen LogP contribution in [-0.2, 0) is 4.74 Å². The number of amides is 1. The topological polar surface area (TPSA) is 72.5 Å². The van der Waals surface area contributed by atoms with Crippen molar-refractivity contribution in [3.63, 3.8) is 0 Å². The Morgan fingerprint density at radius 2 is 1.92 bits per heavy atom. The maximum atomic E-state index is 12.4. The van der Waals surface area contributed by atoms with Gasteiger partial charge in [0.1, 0.15) is 5.00 Å². The van der Waals surface area contributed by atoms with Gasteiger partial charge in [-0.15, -0.1) is 11.3 Å². The lowest BCUT2D eigenvalue weighted by atomic mass is 10.1. The molecule has 1 heterocycles. The van der Waals surface area contributed by atoms with E-state index < -0.39 is 11.9 Å². The molecule has 5 nitrogen and oxygen atoms in total. The van der Waals surface area contributed by atoms with Crippen molar-refractivity contribution in [2.75, 3.05) is 11.9 Å². The minimum atomic E-state index is -0.576. The van der Waals surface area contributed by atoms with Crippen LogP contribution >= 0.6 is 22.9 Å². The number of Topliss-reactive ketones (excluding diaryl/α,β-unsaturated/α-hetero) is 1. The number of carbonyl (C=O) groups excluding carboxylic acids is 3. The summed E-state index contributed by atoms with van der Waals surface area (Å²) in [6.45, 7) is 4.95. The SMILES string of the molecule is CCOC(=O)c1c(NC(=O)c2ccccc2Cl)sc(C(C)=O)c1C. The van der Waals surface area contributed by atoms with E-state index in [1.54, 1.807) is 38.1 Å². The van der Waals surface area contributed by atoms with Gasteiger partial charge < -0.3 is 10.1 Å². The van der Waals surface area contributed by atoms with Gasteiger partial charge in [0.05, 0.1) is 27.6 Å². The molecule has 1 amide bonds. The van der Waals surface area contributed by atoms with E-state index in [2.05, 4.69) is 5.32 Å². The Morgan fingerprint density at radius 3 is 2.50 bits per heavy atom. The van der Waals surface area contributed by atoms with E-state index >= 15 is 0 Å². The summed E-state index contributed by atoms with van der Waals surface area (Å²) in [6, 6.07) is 6.58. The zero-order valence-electron chi connectivity index (χ0n) is 13.4. The number of thiophene rings is 1. The quantitative estimate of drug-likeness (QED) is 0.631. The summed E-state index contributed by atoms with van der Waals surface area (Å²) in [5.74, 6) is -1.21. The Labute approximate surface area is 148 Å². The van der Waals surface area contributed by atoms with Gasteiger partial charge in [-0.1, -0.05) is 23.7 Å². The monoisotopic (exact) mass is 365 g/mol. The van der Waals surface area contributed by atoms with E-state index in [0.717, 1.165) is 11.3 Å². The molecule has 1 aromatic heterocycles. The van der Waals surface area contributed by atoms with Crippen LogP contribution < -0.4 is 5.32 Å². The second-order valence-electron chi connectivity index (χ2n) is 4.97. The van der Waals surface area contributed by atoms with E-state index in [9.17, 15) is 14.4 Å². The second kappa shape index (κ2) is 7.59. The van der Waals surface area contributed by atoms with Crippen LogP contribution in [0.25, 0.3) is 0 Å². The van der Waals surface area contributed by atoms with Gasteiger partial charge in [0.15, 0.2) is 5.78 Å². The van der Waals surface area contributed by atoms with Crippen molar-refractivity contribution in [1.82, 2.24) is 0 Å². The van der Waals surface area contributed by atoms with Gasteiger partial charge in [-0.25, -0.2) is 4.79 Å². The molecule has 24 heavy (non-hydrogen) atoms. The van der Waals surface area contributed by atoms with Crippen LogP contribution in [-0.4, -0.2) is 24.3 Å². The fraction of sp³-hybridized carbons (Fsp3) is 0.235. The van der Waals surface area contributed by atoms with Gasteiger partial charge in [0, 0.05) is 0 Å². The van der Waals surface area contributed by atoms with Gasteiger partial charge in [-0.05, 0) is 38.5 Å². The second-order valence-corrected chi connectivity index (χ2v) is 6.40. The molecule has 0 unspecified atom stereocenters. The Hall–Kier alpha value is -2.18. The molecule has 1 N–H and O–H groups in total. The highest BCUT2D eigenvalue weighted by Gasteiger charge is 2.25. The van der Waals surface area contributed by atoms with Crippen LogP contribution in [0.4, 0.5) is 5.00 Å². The molecule has 0 fully saturated rings. The molecule has 0 saturated heterocycles. The van der Waals surface area contributed by atoms with Gasteiger partial charge in [-0.3, -0.25) is 9.59 Å². The number of nitrogens with one attached hydrogen (secondary N) is 1. The van der Waals surface area contributed by atoms with Crippen LogP contribution in [0.15, 0.2) is 24.3 Å². The van der Waals surface area contributed by atoms with Gasteiger partial charge in [0.2, 0.25) is 0 Å². The van der Waals surface area contributed by atoms with Crippen molar-refractivity contribution in [2.24, 2.45) is 0 Å². The van der Waals surface area contributed by atoms with Crippen molar-refractivity contribution in [3.8, 4) is 0 Å². The smallest absolute Gasteiger partial charge is 0.341 e. The zero-order valence-corrected chi connectivity index (χ0v) is 15.0. The largest absolute Gasteiger partial charge is 0.462 e. The Kier molecular flexibility index (Phi) is 5.75. The molecule has 7 heteroatoms. The Bertz CT molecular complexity index is 813. The molecular weight excluding hydrogens is 350 g/mol. The third-order valence-electron chi connectivity index (χ3n) is 3.29. The summed E-state index contributed by atoms with van der Waals surface area (Å²) >= 11 is 7.07. The van der Waals surface area contributed by atoms with E-state index in [0.29, 0.717) is 15.5 Å². The molecule has 0 atom stereocenters. The first-order valence-corrected chi connectivity index (χ1v) is 8.43. The molecular formula is C17H16ClNO4S. The van der Waals surface area contributed by atoms with Crippen molar-refractivity contribution < 1.29 is 19.1 Å². The highest BCUT2D eigenvalue weighted by atomic mass is 35.5. The van der Waals surface area contributed by atoms with Crippen LogP contribution in [0.2, 0.25) is 5.02 Å². The van der Waals surface area contributed by atoms with Crippen molar-refractivity contribution in [3.05, 3.63) is 50.9 Å². The highest BCUT2D eigenvalue weighted by molar-refractivity contribution is 7.18. The van der Waals surface area contributed by atoms with E-state index in [1.807, 2.05) is 0 Å². The lowest BCUT2D eigenvalue weighted by Gasteiger charge is -2.08. The molecule has 0 aliphatic heterocycles. The van der Waals surface area contributed by atoms with Crippen LogP contribution in [0, 0.1) is 6.92 Å². The minimum absolute atomic E-state index is 0.179. The number of anilines is 1. The third-order valence-corrected chi connectivity index (χ3v) is 4.93. The third kappa shape index (κ3) is 3.66. The van der Waals surface area contributed by atoms with E-state index in [-0.39, 0.29) is 28.5 Å². The van der Waals surface area contributed by atoms with Crippen molar-refractivity contribution in [2.45, 2.75) is 20.8 Å². The standard InChI is InChI=1S/C17H16ClNO4S/c1-4-23-17(22)13-9(2)14(10(3)20)24-16(13)19-15(21)11-7-5-6-8-12(11)18/h5-8H,4H2,1-3H3,(H,19,21). The maximum absolute atomic E-state index is 12.4. The van der Waals surface area contributed by atoms with Crippen LogP contribution in [0.1, 0.15) is 49.8 Å². The molecule has 0 saturated carbocycles. The summed E-state index contributed by atoms with van der Waals surface area (Å²) in [5.41, 5.74) is 0.984. The first-order valence-electron chi connectivity index (χ1n) is 7.24. The predicted octanol–water partition coefficient (Wildman–Crippen LogP) is 4.34. The highest BCUT2D eigenvalue weighted by Crippen LogP contribution is 2.34. The van der Waals surface area contributed by atoms with Crippen molar-refractivity contribution >= 4 is 45.6 Å². The number of carbonyl (C=O) groups is 3. The normalized spacial score (nSPS) is 10.3. The molecule has 0 radical (unpaired) electrons. The number of hydrogen-bond acceptors (Lipinski definition) is 5. The summed E-state index contributed by atoms with van der Waals surface area (Å²) in [6.07, 6.45) is 0. The molecule has 1 aromatic carbocycles. The maximum Gasteiger partial charge on any atom is 0.341 e. The minimum Gasteiger partial charge on any atom is -0.462 e. The molecule has 0 aliphatic carbocycles.